The van der Waals surface area contributed by atoms with E-state index in [0.717, 1.165) is 29.8 Å². The molecule has 1 unspecified atom stereocenters. The summed E-state index contributed by atoms with van der Waals surface area (Å²) in [5.41, 5.74) is 2.07. The molecular formula is C16H23N3O. The molecule has 0 saturated heterocycles. The van der Waals surface area contributed by atoms with Crippen molar-refractivity contribution in [2.75, 3.05) is 6.54 Å². The van der Waals surface area contributed by atoms with Crippen molar-refractivity contribution in [2.45, 2.75) is 46.2 Å². The Morgan fingerprint density at radius 3 is 2.80 bits per heavy atom. The van der Waals surface area contributed by atoms with Crippen LogP contribution in [0.2, 0.25) is 0 Å². The third-order valence-electron chi connectivity index (χ3n) is 3.67. The molecule has 0 bridgehead atoms. The lowest BCUT2D eigenvalue weighted by molar-refractivity contribution is -0.117. The van der Waals surface area contributed by atoms with E-state index in [-0.39, 0.29) is 5.78 Å². The summed E-state index contributed by atoms with van der Waals surface area (Å²) >= 11 is 0. The standard InChI is InChI=1S/C16H23N3O/c1-4-12(3)17-11-13(20)10-16-18-14-8-6-7-9-15(14)19(16)5-2/h6-9,12,17H,4-5,10-11H2,1-3H3. The van der Waals surface area contributed by atoms with Gasteiger partial charge in [0, 0.05) is 12.6 Å². The Bertz CT molecular complexity index is 588. The number of fused-ring (bicyclic) bond motifs is 1. The van der Waals surface area contributed by atoms with E-state index in [1.165, 1.54) is 0 Å². The van der Waals surface area contributed by atoms with Crippen molar-refractivity contribution in [1.29, 1.82) is 0 Å². The Kier molecular flexibility index (Phi) is 4.90. The molecule has 2 rings (SSSR count). The topological polar surface area (TPSA) is 46.9 Å². The van der Waals surface area contributed by atoms with E-state index < -0.39 is 0 Å². The molecule has 0 aliphatic heterocycles. The van der Waals surface area contributed by atoms with Gasteiger partial charge in [0.05, 0.1) is 24.0 Å². The zero-order valence-corrected chi connectivity index (χ0v) is 12.5. The second-order valence-corrected chi connectivity index (χ2v) is 5.17. The number of imidazole rings is 1. The predicted octanol–water partition coefficient (Wildman–Crippen LogP) is 2.56. The highest BCUT2D eigenvalue weighted by Gasteiger charge is 2.13. The Hall–Kier alpha value is -1.68. The fraction of sp³-hybridized carbons (Fsp3) is 0.500. The van der Waals surface area contributed by atoms with Gasteiger partial charge in [0.2, 0.25) is 0 Å². The fourth-order valence-electron chi connectivity index (χ4n) is 2.28. The van der Waals surface area contributed by atoms with Gasteiger partial charge in [-0.3, -0.25) is 4.79 Å². The minimum Gasteiger partial charge on any atom is -0.328 e. The number of hydrogen-bond acceptors (Lipinski definition) is 3. The maximum atomic E-state index is 12.1. The molecule has 0 spiro atoms. The summed E-state index contributed by atoms with van der Waals surface area (Å²) < 4.78 is 2.12. The van der Waals surface area contributed by atoms with Crippen molar-refractivity contribution in [3.63, 3.8) is 0 Å². The second kappa shape index (κ2) is 6.66. The number of rotatable bonds is 7. The summed E-state index contributed by atoms with van der Waals surface area (Å²) in [4.78, 5) is 16.6. The van der Waals surface area contributed by atoms with Crippen LogP contribution in [-0.4, -0.2) is 27.9 Å². The number of carbonyl (C=O) groups is 1. The molecule has 20 heavy (non-hydrogen) atoms. The first-order valence-corrected chi connectivity index (χ1v) is 7.34. The molecule has 1 heterocycles. The van der Waals surface area contributed by atoms with Gasteiger partial charge >= 0.3 is 0 Å². The SMILES string of the molecule is CCC(C)NCC(=O)Cc1nc2ccccc2n1CC. The summed E-state index contributed by atoms with van der Waals surface area (Å²) in [7, 11) is 0. The molecule has 1 N–H and O–H groups in total. The molecular weight excluding hydrogens is 250 g/mol. The Morgan fingerprint density at radius 1 is 1.35 bits per heavy atom. The van der Waals surface area contributed by atoms with Crippen LogP contribution in [0.5, 0.6) is 0 Å². The lowest BCUT2D eigenvalue weighted by Gasteiger charge is -2.10. The third-order valence-corrected chi connectivity index (χ3v) is 3.67. The van der Waals surface area contributed by atoms with E-state index in [0.29, 0.717) is 19.0 Å². The van der Waals surface area contributed by atoms with E-state index in [4.69, 9.17) is 0 Å². The number of aryl methyl sites for hydroxylation is 1. The molecule has 1 aromatic carbocycles. The van der Waals surface area contributed by atoms with Gasteiger partial charge in [-0.2, -0.15) is 0 Å². The molecule has 1 atom stereocenters. The van der Waals surface area contributed by atoms with Crippen LogP contribution >= 0.6 is 0 Å². The van der Waals surface area contributed by atoms with Crippen LogP contribution in [0.25, 0.3) is 11.0 Å². The number of hydrogen-bond donors (Lipinski definition) is 1. The Balaban J connectivity index is 2.11. The van der Waals surface area contributed by atoms with Crippen LogP contribution < -0.4 is 5.32 Å². The minimum absolute atomic E-state index is 0.190. The van der Waals surface area contributed by atoms with E-state index in [1.54, 1.807) is 0 Å². The number of nitrogens with one attached hydrogen (secondary N) is 1. The zero-order chi connectivity index (χ0) is 14.5. The molecule has 0 fully saturated rings. The molecule has 0 saturated carbocycles. The molecule has 0 aliphatic carbocycles. The normalized spacial score (nSPS) is 12.8. The zero-order valence-electron chi connectivity index (χ0n) is 12.5. The second-order valence-electron chi connectivity index (χ2n) is 5.17. The van der Waals surface area contributed by atoms with Crippen LogP contribution in [0.3, 0.4) is 0 Å². The summed E-state index contributed by atoms with van der Waals surface area (Å²) in [6, 6.07) is 8.41. The van der Waals surface area contributed by atoms with E-state index in [9.17, 15) is 4.79 Å². The van der Waals surface area contributed by atoms with Crippen LogP contribution in [0.1, 0.15) is 33.0 Å². The van der Waals surface area contributed by atoms with Gasteiger partial charge in [-0.05, 0) is 32.4 Å². The van der Waals surface area contributed by atoms with E-state index in [2.05, 4.69) is 41.7 Å². The average molecular weight is 273 g/mol. The number of ketones is 1. The van der Waals surface area contributed by atoms with Gasteiger partial charge in [-0.1, -0.05) is 19.1 Å². The van der Waals surface area contributed by atoms with Gasteiger partial charge in [-0.15, -0.1) is 0 Å². The van der Waals surface area contributed by atoms with Gasteiger partial charge in [0.1, 0.15) is 5.82 Å². The first-order valence-electron chi connectivity index (χ1n) is 7.34. The molecule has 108 valence electrons. The lowest BCUT2D eigenvalue weighted by atomic mass is 10.2. The van der Waals surface area contributed by atoms with E-state index in [1.807, 2.05) is 18.2 Å². The number of carbonyl (C=O) groups excluding carboxylic acids is 1. The minimum atomic E-state index is 0.190. The van der Waals surface area contributed by atoms with E-state index >= 15 is 0 Å². The number of para-hydroxylation sites is 2. The average Bonchev–Trinajstić information content (AvgIpc) is 2.81. The fourth-order valence-corrected chi connectivity index (χ4v) is 2.28. The Labute approximate surface area is 120 Å². The smallest absolute Gasteiger partial charge is 0.154 e. The summed E-state index contributed by atoms with van der Waals surface area (Å²) in [5, 5.41) is 3.24. The van der Waals surface area contributed by atoms with Gasteiger partial charge < -0.3 is 9.88 Å². The quantitative estimate of drug-likeness (QED) is 0.843. The molecule has 4 heteroatoms. The monoisotopic (exact) mass is 273 g/mol. The maximum Gasteiger partial charge on any atom is 0.154 e. The van der Waals surface area contributed by atoms with Crippen molar-refractivity contribution >= 4 is 16.8 Å². The van der Waals surface area contributed by atoms with Crippen LogP contribution in [0.4, 0.5) is 0 Å². The number of Topliss-reactive ketones (excluding diaryl/α,β-unsaturated/α-hetero) is 1. The highest BCUT2D eigenvalue weighted by molar-refractivity contribution is 5.84. The summed E-state index contributed by atoms with van der Waals surface area (Å²) in [5.74, 6) is 1.06. The van der Waals surface area contributed by atoms with Crippen molar-refractivity contribution in [2.24, 2.45) is 0 Å². The Morgan fingerprint density at radius 2 is 2.10 bits per heavy atom. The van der Waals surface area contributed by atoms with Crippen molar-refractivity contribution in [3.05, 3.63) is 30.1 Å². The molecule has 0 amide bonds. The molecule has 0 aliphatic rings. The van der Waals surface area contributed by atoms with Crippen molar-refractivity contribution in [1.82, 2.24) is 14.9 Å². The van der Waals surface area contributed by atoms with Crippen molar-refractivity contribution in [3.8, 4) is 0 Å². The van der Waals surface area contributed by atoms with Gasteiger partial charge in [-0.25, -0.2) is 4.98 Å². The number of aromatic nitrogens is 2. The molecule has 0 radical (unpaired) electrons. The largest absolute Gasteiger partial charge is 0.328 e. The highest BCUT2D eigenvalue weighted by atomic mass is 16.1. The third kappa shape index (κ3) is 3.25. The lowest BCUT2D eigenvalue weighted by Crippen LogP contribution is -2.32. The van der Waals surface area contributed by atoms with Gasteiger partial charge in [0.15, 0.2) is 5.78 Å². The molecule has 1 aromatic heterocycles. The predicted molar refractivity (Wildman–Crippen MR) is 81.9 cm³/mol. The number of nitrogens with zero attached hydrogens (tertiary/aromatic N) is 2. The molecule has 2 aromatic rings. The van der Waals surface area contributed by atoms with Crippen LogP contribution in [-0.2, 0) is 17.8 Å². The highest BCUT2D eigenvalue weighted by Crippen LogP contribution is 2.16. The van der Waals surface area contributed by atoms with Crippen LogP contribution in [0.15, 0.2) is 24.3 Å². The molecule has 4 nitrogen and oxygen atoms in total. The summed E-state index contributed by atoms with van der Waals surface area (Å²) in [6.45, 7) is 7.54. The van der Waals surface area contributed by atoms with Crippen LogP contribution in [0, 0.1) is 0 Å². The first kappa shape index (κ1) is 14.7. The summed E-state index contributed by atoms with van der Waals surface area (Å²) in [6.07, 6.45) is 1.42. The maximum absolute atomic E-state index is 12.1. The van der Waals surface area contributed by atoms with Gasteiger partial charge in [0.25, 0.3) is 0 Å². The van der Waals surface area contributed by atoms with Crippen molar-refractivity contribution < 1.29 is 4.79 Å². The first-order chi connectivity index (χ1) is 9.65. The number of benzene rings is 1.